The minimum absolute atomic E-state index is 0.439. The van der Waals surface area contributed by atoms with Crippen molar-refractivity contribution in [1.29, 1.82) is 0 Å². The molecular weight excluding hydrogens is 379 g/mol. The highest BCUT2D eigenvalue weighted by Crippen LogP contribution is 2.65. The van der Waals surface area contributed by atoms with Crippen LogP contribution in [0.5, 0.6) is 0 Å². The standard InChI is InChI=1S/C21H29O4PS/c1-3-5-7-12-19(20(21(22)23)16-10-8-6-9-11-16)26(24,25)18(4-2)17-13-14-27-15-17/h6,8-11,13-15,18-20H,3-5,7,12H2,1-2H3,(H,22,23)(H,24,25). The second-order valence-electron chi connectivity index (χ2n) is 6.94. The number of thiophene rings is 1. The molecule has 1 heterocycles. The molecule has 0 bridgehead atoms. The Bertz CT molecular complexity index is 745. The third-order valence-corrected chi connectivity index (χ3v) is 8.91. The average molecular weight is 409 g/mol. The van der Waals surface area contributed by atoms with Crippen molar-refractivity contribution in [3.05, 3.63) is 58.3 Å². The number of rotatable bonds is 11. The van der Waals surface area contributed by atoms with Gasteiger partial charge in [0, 0.05) is 0 Å². The number of hydrogen-bond acceptors (Lipinski definition) is 3. The van der Waals surface area contributed by atoms with E-state index >= 15 is 0 Å². The lowest BCUT2D eigenvalue weighted by Gasteiger charge is -2.33. The van der Waals surface area contributed by atoms with Gasteiger partial charge in [-0.05, 0) is 40.8 Å². The number of aliphatic carboxylic acids is 1. The first-order valence-corrected chi connectivity index (χ1v) is 12.3. The van der Waals surface area contributed by atoms with Gasteiger partial charge in [-0.2, -0.15) is 11.3 Å². The van der Waals surface area contributed by atoms with Crippen molar-refractivity contribution in [2.24, 2.45) is 0 Å². The maximum absolute atomic E-state index is 13.8. The molecule has 0 fully saturated rings. The lowest BCUT2D eigenvalue weighted by molar-refractivity contribution is -0.139. The van der Waals surface area contributed by atoms with Crippen LogP contribution in [-0.2, 0) is 9.36 Å². The Morgan fingerprint density at radius 2 is 1.81 bits per heavy atom. The van der Waals surface area contributed by atoms with Crippen LogP contribution >= 0.6 is 18.7 Å². The Balaban J connectivity index is 2.47. The van der Waals surface area contributed by atoms with Crippen molar-refractivity contribution < 1.29 is 19.4 Å². The molecule has 6 heteroatoms. The zero-order valence-corrected chi connectivity index (χ0v) is 17.7. The van der Waals surface area contributed by atoms with Crippen LogP contribution in [-0.4, -0.2) is 21.6 Å². The fourth-order valence-corrected chi connectivity index (χ4v) is 7.43. The molecule has 0 saturated heterocycles. The smallest absolute Gasteiger partial charge is 0.311 e. The average Bonchev–Trinajstić information content (AvgIpc) is 3.16. The Hall–Kier alpha value is -1.42. The number of benzene rings is 1. The van der Waals surface area contributed by atoms with Crippen LogP contribution in [0.25, 0.3) is 0 Å². The molecule has 4 unspecified atom stereocenters. The molecule has 0 aliphatic carbocycles. The maximum atomic E-state index is 13.8. The van der Waals surface area contributed by atoms with E-state index in [9.17, 15) is 19.4 Å². The zero-order valence-electron chi connectivity index (χ0n) is 16.0. The molecule has 2 N–H and O–H groups in total. The summed E-state index contributed by atoms with van der Waals surface area (Å²) in [6.07, 6.45) is 3.60. The number of carbonyl (C=O) groups is 1. The molecule has 4 atom stereocenters. The van der Waals surface area contributed by atoms with E-state index in [1.54, 1.807) is 24.3 Å². The van der Waals surface area contributed by atoms with Gasteiger partial charge in [0.15, 0.2) is 0 Å². The van der Waals surface area contributed by atoms with Crippen molar-refractivity contribution in [3.63, 3.8) is 0 Å². The number of hydrogen-bond donors (Lipinski definition) is 2. The van der Waals surface area contributed by atoms with E-state index in [1.807, 2.05) is 29.8 Å². The van der Waals surface area contributed by atoms with E-state index in [1.165, 1.54) is 11.3 Å². The summed E-state index contributed by atoms with van der Waals surface area (Å²) >= 11 is 1.50. The second-order valence-corrected chi connectivity index (χ2v) is 10.4. The van der Waals surface area contributed by atoms with Gasteiger partial charge in [0.25, 0.3) is 0 Å². The fourth-order valence-electron chi connectivity index (χ4n) is 3.77. The molecule has 2 rings (SSSR count). The Morgan fingerprint density at radius 1 is 1.11 bits per heavy atom. The number of unbranched alkanes of at least 4 members (excludes halogenated alkanes) is 2. The summed E-state index contributed by atoms with van der Waals surface area (Å²) in [5.41, 5.74) is 0.113. The first kappa shape index (κ1) is 21.9. The molecule has 1 aromatic heterocycles. The van der Waals surface area contributed by atoms with E-state index in [-0.39, 0.29) is 0 Å². The maximum Gasteiger partial charge on any atom is 0.311 e. The highest BCUT2D eigenvalue weighted by Gasteiger charge is 2.46. The van der Waals surface area contributed by atoms with Gasteiger partial charge in [-0.25, -0.2) is 0 Å². The lowest BCUT2D eigenvalue weighted by Crippen LogP contribution is -2.28. The molecule has 2 aromatic rings. The zero-order chi connectivity index (χ0) is 19.9. The molecule has 27 heavy (non-hydrogen) atoms. The van der Waals surface area contributed by atoms with Crippen LogP contribution in [0.15, 0.2) is 47.2 Å². The topological polar surface area (TPSA) is 74.6 Å². The minimum Gasteiger partial charge on any atom is -0.481 e. The van der Waals surface area contributed by atoms with Gasteiger partial charge in [-0.15, -0.1) is 0 Å². The first-order chi connectivity index (χ1) is 12.9. The van der Waals surface area contributed by atoms with Gasteiger partial charge in [0.1, 0.15) is 0 Å². The third-order valence-electron chi connectivity index (χ3n) is 5.15. The summed E-state index contributed by atoms with van der Waals surface area (Å²) in [4.78, 5) is 23.5. The van der Waals surface area contributed by atoms with Gasteiger partial charge in [-0.3, -0.25) is 9.36 Å². The van der Waals surface area contributed by atoms with Crippen LogP contribution in [0.4, 0.5) is 0 Å². The third kappa shape index (κ3) is 5.31. The number of carboxylic acid groups (broad SMARTS) is 1. The normalized spacial score (nSPS) is 17.0. The Labute approximate surface area is 165 Å². The molecule has 0 spiro atoms. The SMILES string of the molecule is CCCCCC(C(C(=O)O)c1ccccc1)P(=O)(O)C(CC)c1ccsc1. The Kier molecular flexibility index (Phi) is 8.28. The summed E-state index contributed by atoms with van der Waals surface area (Å²) in [7, 11) is -3.79. The van der Waals surface area contributed by atoms with Crippen LogP contribution in [0.1, 0.15) is 68.7 Å². The van der Waals surface area contributed by atoms with Crippen molar-refractivity contribution in [1.82, 2.24) is 0 Å². The molecule has 0 aliphatic rings. The summed E-state index contributed by atoms with van der Waals surface area (Å²) in [5, 5.41) is 13.8. The quantitative estimate of drug-likeness (QED) is 0.339. The Morgan fingerprint density at radius 3 is 2.33 bits per heavy atom. The van der Waals surface area contributed by atoms with Gasteiger partial charge in [-0.1, -0.05) is 63.4 Å². The summed E-state index contributed by atoms with van der Waals surface area (Å²) in [5.74, 6) is -2.01. The summed E-state index contributed by atoms with van der Waals surface area (Å²) in [6.45, 7) is 3.96. The highest BCUT2D eigenvalue weighted by atomic mass is 32.1. The largest absolute Gasteiger partial charge is 0.481 e. The van der Waals surface area contributed by atoms with Crippen LogP contribution in [0, 0.1) is 0 Å². The van der Waals surface area contributed by atoms with Gasteiger partial charge in [0.2, 0.25) is 7.37 Å². The van der Waals surface area contributed by atoms with E-state index in [4.69, 9.17) is 0 Å². The fraction of sp³-hybridized carbons (Fsp3) is 0.476. The van der Waals surface area contributed by atoms with Crippen LogP contribution in [0.2, 0.25) is 0 Å². The second kappa shape index (κ2) is 10.2. The van der Waals surface area contributed by atoms with Crippen LogP contribution in [0.3, 0.4) is 0 Å². The monoisotopic (exact) mass is 408 g/mol. The van der Waals surface area contributed by atoms with Crippen molar-refractivity contribution in [3.8, 4) is 0 Å². The first-order valence-electron chi connectivity index (χ1n) is 9.55. The van der Waals surface area contributed by atoms with E-state index in [0.717, 1.165) is 24.8 Å². The van der Waals surface area contributed by atoms with Gasteiger partial charge >= 0.3 is 5.97 Å². The van der Waals surface area contributed by atoms with Crippen LogP contribution < -0.4 is 0 Å². The van der Waals surface area contributed by atoms with Crippen molar-refractivity contribution in [2.45, 2.75) is 63.2 Å². The summed E-state index contributed by atoms with van der Waals surface area (Å²) in [6, 6.07) is 10.8. The minimum atomic E-state index is -3.79. The molecule has 0 radical (unpaired) electrons. The molecule has 148 valence electrons. The van der Waals surface area contributed by atoms with E-state index < -0.39 is 30.6 Å². The highest BCUT2D eigenvalue weighted by molar-refractivity contribution is 7.59. The summed E-state index contributed by atoms with van der Waals surface area (Å²) < 4.78 is 13.8. The van der Waals surface area contributed by atoms with Crippen molar-refractivity contribution >= 4 is 24.7 Å². The van der Waals surface area contributed by atoms with E-state index in [0.29, 0.717) is 18.4 Å². The lowest BCUT2D eigenvalue weighted by atomic mass is 9.92. The molecule has 0 aliphatic heterocycles. The molecular formula is C21H29O4PS. The molecule has 1 aromatic carbocycles. The predicted octanol–water partition coefficient (Wildman–Crippen LogP) is 6.29. The molecule has 4 nitrogen and oxygen atoms in total. The molecule has 0 saturated carbocycles. The van der Waals surface area contributed by atoms with Gasteiger partial charge < -0.3 is 10.00 Å². The van der Waals surface area contributed by atoms with Gasteiger partial charge in [0.05, 0.1) is 17.2 Å². The molecule has 0 amide bonds. The van der Waals surface area contributed by atoms with E-state index in [2.05, 4.69) is 6.92 Å². The van der Waals surface area contributed by atoms with Crippen molar-refractivity contribution in [2.75, 3.05) is 0 Å². The number of carboxylic acids is 1. The predicted molar refractivity (Wildman–Crippen MR) is 112 cm³/mol.